The molecule has 2 atom stereocenters. The average molecular weight is 500 g/mol. The molecule has 0 radical (unpaired) electrons. The van der Waals surface area contributed by atoms with Crippen molar-refractivity contribution >= 4 is 23.0 Å². The highest BCUT2D eigenvalue weighted by atomic mass is 32.1. The minimum absolute atomic E-state index is 0.132. The van der Waals surface area contributed by atoms with Crippen molar-refractivity contribution < 1.29 is 9.47 Å². The Morgan fingerprint density at radius 1 is 0.972 bits per heavy atom. The minimum Gasteiger partial charge on any atom is -0.497 e. The largest absolute Gasteiger partial charge is 0.497 e. The summed E-state index contributed by atoms with van der Waals surface area (Å²) in [6.45, 7) is 5.08. The third kappa shape index (κ3) is 4.28. The molecule has 1 N–H and O–H groups in total. The molecular weight excluding hydrogens is 470 g/mol. The smallest absolute Gasteiger partial charge is 0.174 e. The highest BCUT2D eigenvalue weighted by Gasteiger charge is 2.43. The van der Waals surface area contributed by atoms with Gasteiger partial charge in [0.05, 0.1) is 37.7 Å². The van der Waals surface area contributed by atoms with Gasteiger partial charge in [0.1, 0.15) is 11.5 Å². The average Bonchev–Trinajstić information content (AvgIpc) is 3.40. The van der Waals surface area contributed by atoms with E-state index in [1.165, 1.54) is 22.5 Å². The van der Waals surface area contributed by atoms with Crippen molar-refractivity contribution in [1.29, 1.82) is 0 Å². The molecule has 0 bridgehead atoms. The van der Waals surface area contributed by atoms with E-state index in [1.807, 2.05) is 55.0 Å². The van der Waals surface area contributed by atoms with Crippen LogP contribution in [0.1, 0.15) is 40.3 Å². The van der Waals surface area contributed by atoms with E-state index < -0.39 is 0 Å². The number of nitrogens with one attached hydrogen (secondary N) is 1. The molecule has 0 spiro atoms. The molecule has 1 fully saturated rings. The summed E-state index contributed by atoms with van der Waals surface area (Å²) < 4.78 is 13.5. The van der Waals surface area contributed by atoms with Gasteiger partial charge in [-0.1, -0.05) is 6.07 Å². The second kappa shape index (κ2) is 9.99. The summed E-state index contributed by atoms with van der Waals surface area (Å²) >= 11 is 5.92. The number of hydrogen-bond acceptors (Lipinski definition) is 5. The van der Waals surface area contributed by atoms with Gasteiger partial charge in [-0.3, -0.25) is 9.97 Å². The molecule has 36 heavy (non-hydrogen) atoms. The summed E-state index contributed by atoms with van der Waals surface area (Å²) in [6, 6.07) is 17.9. The first kappa shape index (κ1) is 23.8. The van der Waals surface area contributed by atoms with Gasteiger partial charge >= 0.3 is 0 Å². The van der Waals surface area contributed by atoms with E-state index >= 15 is 0 Å². The number of aryl methyl sites for hydroxylation is 1. The molecule has 1 saturated heterocycles. The van der Waals surface area contributed by atoms with E-state index in [0.29, 0.717) is 10.9 Å². The molecule has 7 nitrogen and oxygen atoms in total. The van der Waals surface area contributed by atoms with Crippen LogP contribution in [-0.4, -0.2) is 33.9 Å². The van der Waals surface area contributed by atoms with Crippen molar-refractivity contribution in [2.45, 2.75) is 32.5 Å². The molecule has 3 aromatic heterocycles. The lowest BCUT2D eigenvalue weighted by atomic mass is 9.96. The lowest BCUT2D eigenvalue weighted by Gasteiger charge is -2.29. The molecule has 1 aliphatic heterocycles. The van der Waals surface area contributed by atoms with Crippen molar-refractivity contribution in [2.24, 2.45) is 0 Å². The van der Waals surface area contributed by atoms with Crippen LogP contribution in [0.3, 0.4) is 0 Å². The Morgan fingerprint density at radius 2 is 1.78 bits per heavy atom. The van der Waals surface area contributed by atoms with Crippen molar-refractivity contribution in [2.75, 3.05) is 19.1 Å². The lowest BCUT2D eigenvalue weighted by Crippen LogP contribution is -2.30. The summed E-state index contributed by atoms with van der Waals surface area (Å²) in [5, 5.41) is 4.17. The summed E-state index contributed by atoms with van der Waals surface area (Å²) in [6.07, 6.45) is 5.48. The van der Waals surface area contributed by atoms with E-state index in [-0.39, 0.29) is 12.1 Å². The van der Waals surface area contributed by atoms with E-state index in [2.05, 4.69) is 56.8 Å². The van der Waals surface area contributed by atoms with Crippen LogP contribution < -0.4 is 19.7 Å². The first-order valence-corrected chi connectivity index (χ1v) is 12.2. The molecule has 4 heterocycles. The topological polar surface area (TPSA) is 64.4 Å². The fourth-order valence-corrected chi connectivity index (χ4v) is 5.29. The number of benzene rings is 1. The fraction of sp³-hybridized carbons (Fsp3) is 0.250. The monoisotopic (exact) mass is 499 g/mol. The van der Waals surface area contributed by atoms with Crippen molar-refractivity contribution in [3.63, 3.8) is 0 Å². The molecular formula is C28H29N5O2S. The van der Waals surface area contributed by atoms with Gasteiger partial charge in [-0.2, -0.15) is 0 Å². The Morgan fingerprint density at radius 3 is 2.47 bits per heavy atom. The predicted molar refractivity (Wildman–Crippen MR) is 145 cm³/mol. The fourth-order valence-electron chi connectivity index (χ4n) is 4.96. The second-order valence-electron chi connectivity index (χ2n) is 8.80. The highest BCUT2D eigenvalue weighted by molar-refractivity contribution is 7.80. The highest BCUT2D eigenvalue weighted by Crippen LogP contribution is 2.46. The summed E-state index contributed by atoms with van der Waals surface area (Å²) in [4.78, 5) is 11.0. The molecule has 0 saturated carbocycles. The number of methoxy groups -OCH3 is 2. The maximum Gasteiger partial charge on any atom is 0.174 e. The summed E-state index contributed by atoms with van der Waals surface area (Å²) in [7, 11) is 3.31. The van der Waals surface area contributed by atoms with Gasteiger partial charge < -0.3 is 24.3 Å². The van der Waals surface area contributed by atoms with Crippen molar-refractivity contribution in [3.8, 4) is 11.5 Å². The quantitative estimate of drug-likeness (QED) is 0.353. The standard InChI is InChI=1S/C28H29N5O2S/c1-18-15-22(19(2)32(18)17-20-10-13-29-14-11-20)27-26(23-7-5-6-12-30-23)31-28(36)33(27)24-9-8-21(34-3)16-25(24)35-4/h5-16,26-27H,17H2,1-4H3,(H,31,36)/t26-,27-/m1/s1. The first-order chi connectivity index (χ1) is 17.5. The van der Waals surface area contributed by atoms with Crippen LogP contribution in [0.25, 0.3) is 0 Å². The Bertz CT molecular complexity index is 1370. The maximum absolute atomic E-state index is 5.92. The molecule has 184 valence electrons. The zero-order valence-corrected chi connectivity index (χ0v) is 21.6. The van der Waals surface area contributed by atoms with Crippen LogP contribution in [0.15, 0.2) is 73.2 Å². The zero-order valence-electron chi connectivity index (χ0n) is 20.8. The molecule has 0 amide bonds. The van der Waals surface area contributed by atoms with Crippen LogP contribution in [0.2, 0.25) is 0 Å². The summed E-state index contributed by atoms with van der Waals surface area (Å²) in [5.74, 6) is 1.41. The SMILES string of the molecule is COc1ccc(N2C(=S)N[C@H](c3ccccn3)[C@H]2c2cc(C)n(Cc3ccncc3)c2C)c(OC)c1. The Hall–Kier alpha value is -3.91. The van der Waals surface area contributed by atoms with Gasteiger partial charge in [-0.25, -0.2) is 0 Å². The van der Waals surface area contributed by atoms with Crippen LogP contribution in [0.5, 0.6) is 11.5 Å². The van der Waals surface area contributed by atoms with E-state index in [0.717, 1.165) is 23.7 Å². The number of thiocarbonyl (C=S) groups is 1. The number of nitrogens with zero attached hydrogens (tertiary/aromatic N) is 4. The van der Waals surface area contributed by atoms with Crippen LogP contribution in [0, 0.1) is 13.8 Å². The molecule has 1 aromatic carbocycles. The van der Waals surface area contributed by atoms with E-state index in [4.69, 9.17) is 21.7 Å². The van der Waals surface area contributed by atoms with Gasteiger partial charge in [0.2, 0.25) is 0 Å². The Kier molecular flexibility index (Phi) is 6.61. The van der Waals surface area contributed by atoms with Crippen LogP contribution >= 0.6 is 12.2 Å². The third-order valence-electron chi connectivity index (χ3n) is 6.77. The molecule has 4 aromatic rings. The van der Waals surface area contributed by atoms with Crippen LogP contribution in [-0.2, 0) is 6.54 Å². The zero-order chi connectivity index (χ0) is 25.2. The van der Waals surface area contributed by atoms with Crippen LogP contribution in [0.4, 0.5) is 5.69 Å². The molecule has 0 aliphatic carbocycles. The number of aromatic nitrogens is 3. The van der Waals surface area contributed by atoms with Gasteiger partial charge in [-0.05, 0) is 79.7 Å². The second-order valence-corrected chi connectivity index (χ2v) is 9.19. The third-order valence-corrected chi connectivity index (χ3v) is 7.08. The normalized spacial score (nSPS) is 17.2. The number of hydrogen-bond donors (Lipinski definition) is 1. The predicted octanol–water partition coefficient (Wildman–Crippen LogP) is 5.14. The number of anilines is 1. The number of rotatable bonds is 7. The van der Waals surface area contributed by atoms with Crippen molar-refractivity contribution in [1.82, 2.24) is 19.9 Å². The molecule has 1 aliphatic rings. The van der Waals surface area contributed by atoms with Gasteiger partial charge in [0.25, 0.3) is 0 Å². The van der Waals surface area contributed by atoms with Gasteiger partial charge in [-0.15, -0.1) is 0 Å². The molecule has 0 unspecified atom stereocenters. The summed E-state index contributed by atoms with van der Waals surface area (Å²) in [5.41, 5.74) is 6.55. The first-order valence-electron chi connectivity index (χ1n) is 11.8. The van der Waals surface area contributed by atoms with Crippen molar-refractivity contribution in [3.05, 3.63) is 101 Å². The molecule has 5 rings (SSSR count). The lowest BCUT2D eigenvalue weighted by molar-refractivity contribution is 0.394. The molecule has 8 heteroatoms. The van der Waals surface area contributed by atoms with E-state index in [9.17, 15) is 0 Å². The number of ether oxygens (including phenoxy) is 2. The maximum atomic E-state index is 5.92. The van der Waals surface area contributed by atoms with Gasteiger partial charge in [0, 0.05) is 42.6 Å². The Labute approximate surface area is 216 Å². The van der Waals surface area contributed by atoms with E-state index in [1.54, 1.807) is 14.2 Å². The van der Waals surface area contributed by atoms with Gasteiger partial charge in [0.15, 0.2) is 5.11 Å². The number of pyridine rings is 2. The minimum atomic E-state index is -0.139. The Balaban J connectivity index is 1.65.